The van der Waals surface area contributed by atoms with E-state index in [1.807, 2.05) is 30.5 Å². The summed E-state index contributed by atoms with van der Waals surface area (Å²) >= 11 is 6.25. The van der Waals surface area contributed by atoms with E-state index in [0.717, 1.165) is 50.0 Å². The summed E-state index contributed by atoms with van der Waals surface area (Å²) in [4.78, 5) is 20.3. The molecule has 2 N–H and O–H groups in total. The predicted octanol–water partition coefficient (Wildman–Crippen LogP) is 8.89. The Morgan fingerprint density at radius 3 is 2.79 bits per heavy atom. The first-order valence-corrected chi connectivity index (χ1v) is 17.3. The molecule has 0 radical (unpaired) electrons. The highest BCUT2D eigenvalue weighted by atomic mass is 35.5. The van der Waals surface area contributed by atoms with Gasteiger partial charge in [0.15, 0.2) is 0 Å². The molecule has 3 aliphatic rings. The molecule has 1 spiro atoms. The fraction of sp³-hybridized carbons (Fsp3) is 0.514. The third-order valence-electron chi connectivity index (χ3n) is 10.8. The quantitative estimate of drug-likeness (QED) is 0.0866. The lowest BCUT2D eigenvalue weighted by atomic mass is 9.59. The topological polar surface area (TPSA) is 129 Å². The van der Waals surface area contributed by atoms with Crippen molar-refractivity contribution in [1.82, 2.24) is 4.98 Å². The molecule has 0 amide bonds. The third kappa shape index (κ3) is 6.88. The second-order valence-corrected chi connectivity index (χ2v) is 14.3. The maximum Gasteiger partial charge on any atom is 0.329 e. The van der Waals surface area contributed by atoms with E-state index < -0.39 is 11.5 Å². The second kappa shape index (κ2) is 14.0. The van der Waals surface area contributed by atoms with Crippen molar-refractivity contribution < 1.29 is 19.4 Å². The van der Waals surface area contributed by atoms with Gasteiger partial charge < -0.3 is 19.9 Å². The number of ether oxygens (including phenoxy) is 2. The Bertz CT molecular complexity index is 1650. The number of rotatable bonds is 12. The lowest BCUT2D eigenvalue weighted by Crippen LogP contribution is -2.53. The van der Waals surface area contributed by atoms with Crippen molar-refractivity contribution in [2.75, 3.05) is 25.1 Å². The molecule has 3 aromatic rings. The number of anilines is 1. The van der Waals surface area contributed by atoms with Gasteiger partial charge in [-0.3, -0.25) is 4.98 Å². The molecule has 1 fully saturated rings. The number of carbonyl (C=O) groups is 1. The number of halogens is 1. The van der Waals surface area contributed by atoms with Gasteiger partial charge in [0.1, 0.15) is 17.0 Å². The van der Waals surface area contributed by atoms with Crippen LogP contribution in [0.1, 0.15) is 87.1 Å². The van der Waals surface area contributed by atoms with Crippen LogP contribution in [0.3, 0.4) is 0 Å². The zero-order valence-electron chi connectivity index (χ0n) is 27.3. The number of hydrogen-bond acceptors (Lipinski definition) is 6. The van der Waals surface area contributed by atoms with Crippen LogP contribution in [-0.4, -0.2) is 41.4 Å². The number of aryl methyl sites for hydroxylation is 1. The van der Waals surface area contributed by atoms with Gasteiger partial charge in [0.25, 0.3) is 0 Å². The Hall–Kier alpha value is -3.94. The molecule has 3 atom stereocenters. The summed E-state index contributed by atoms with van der Waals surface area (Å²) in [5.41, 5.74) is 13.1. The highest BCUT2D eigenvalue weighted by molar-refractivity contribution is 6.30. The molecule has 1 saturated carbocycles. The molecule has 10 heteroatoms. The van der Waals surface area contributed by atoms with Crippen molar-refractivity contribution in [2.24, 2.45) is 17.0 Å². The predicted molar refractivity (Wildman–Crippen MR) is 184 cm³/mol. The SMILES string of the molecule is C[C@@H](COc1ccnc2c1[C@H](C)CCC2)C[C@H]1Cc2ccc(OCCN=[N+]=[N-])cc2C12CCC(Nc1cccc(Cl)c1)(C(=O)O)CC2. The standard InChI is InChI=1S/C37H44ClN5O4/c1-24(23-47-33-11-16-40-32-8-3-5-25(2)34(32)33)19-27-20-26-9-10-30(46-18-17-41-43-39)22-31(26)36(27)12-14-37(15-13-36,35(44)45)42-29-7-4-6-28(38)21-29/h4,6-7,9-11,16,21-22,24-25,27,42H,3,5,8,12-15,17-20,23H2,1-2H3,(H,44,45)/t24-,25-,27+,36?,37?/m1/s1. The minimum Gasteiger partial charge on any atom is -0.493 e. The first kappa shape index (κ1) is 33.0. The number of aliphatic carboxylic acids is 1. The Labute approximate surface area is 281 Å². The molecular weight excluding hydrogens is 614 g/mol. The maximum absolute atomic E-state index is 12.9. The van der Waals surface area contributed by atoms with E-state index in [2.05, 4.69) is 46.3 Å². The largest absolute Gasteiger partial charge is 0.493 e. The van der Waals surface area contributed by atoms with Crippen LogP contribution in [0, 0.1) is 11.8 Å². The molecule has 47 heavy (non-hydrogen) atoms. The van der Waals surface area contributed by atoms with Crippen LogP contribution in [0.15, 0.2) is 59.8 Å². The summed E-state index contributed by atoms with van der Waals surface area (Å²) in [7, 11) is 0. The van der Waals surface area contributed by atoms with Crippen molar-refractivity contribution in [1.29, 1.82) is 0 Å². The number of aromatic nitrogens is 1. The number of carboxylic acids is 1. The number of pyridine rings is 1. The van der Waals surface area contributed by atoms with Gasteiger partial charge in [-0.25, -0.2) is 4.79 Å². The molecule has 6 rings (SSSR count). The lowest BCUT2D eigenvalue weighted by Gasteiger charge is -2.47. The normalized spacial score (nSPS) is 25.3. The number of nitrogens with one attached hydrogen (secondary N) is 1. The summed E-state index contributed by atoms with van der Waals surface area (Å²) < 4.78 is 12.5. The second-order valence-electron chi connectivity index (χ2n) is 13.8. The van der Waals surface area contributed by atoms with Crippen molar-refractivity contribution in [3.8, 4) is 11.5 Å². The number of fused-ring (bicyclic) bond motifs is 3. The van der Waals surface area contributed by atoms with Gasteiger partial charge in [-0.1, -0.05) is 42.7 Å². The van der Waals surface area contributed by atoms with E-state index in [1.165, 1.54) is 28.8 Å². The van der Waals surface area contributed by atoms with Gasteiger partial charge in [-0.2, -0.15) is 0 Å². The number of benzene rings is 2. The number of azide groups is 1. The van der Waals surface area contributed by atoms with Gasteiger partial charge in [0, 0.05) is 33.1 Å². The average Bonchev–Trinajstić information content (AvgIpc) is 3.34. The van der Waals surface area contributed by atoms with Gasteiger partial charge in [-0.15, -0.1) is 0 Å². The molecule has 1 aromatic heterocycles. The zero-order chi connectivity index (χ0) is 33.0. The summed E-state index contributed by atoms with van der Waals surface area (Å²) in [6.07, 6.45) is 9.55. The molecule has 0 bridgehead atoms. The van der Waals surface area contributed by atoms with E-state index in [4.69, 9.17) is 26.6 Å². The molecule has 9 nitrogen and oxygen atoms in total. The van der Waals surface area contributed by atoms with E-state index >= 15 is 0 Å². The van der Waals surface area contributed by atoms with E-state index in [9.17, 15) is 9.90 Å². The van der Waals surface area contributed by atoms with E-state index in [1.54, 1.807) is 12.1 Å². The van der Waals surface area contributed by atoms with Crippen LogP contribution in [0.2, 0.25) is 5.02 Å². The van der Waals surface area contributed by atoms with Gasteiger partial charge in [0.05, 0.1) is 19.8 Å². The molecule has 1 heterocycles. The van der Waals surface area contributed by atoms with Crippen molar-refractivity contribution in [3.63, 3.8) is 0 Å². The van der Waals surface area contributed by atoms with Crippen LogP contribution >= 0.6 is 11.6 Å². The molecule has 248 valence electrons. The zero-order valence-corrected chi connectivity index (χ0v) is 28.0. The molecular formula is C37H44ClN5O4. The summed E-state index contributed by atoms with van der Waals surface area (Å²) in [6.45, 7) is 5.72. The summed E-state index contributed by atoms with van der Waals surface area (Å²) in [5, 5.41) is 18.1. The van der Waals surface area contributed by atoms with Crippen LogP contribution < -0.4 is 14.8 Å². The van der Waals surface area contributed by atoms with Crippen LogP contribution in [0.4, 0.5) is 5.69 Å². The minimum absolute atomic E-state index is 0.187. The first-order chi connectivity index (χ1) is 22.7. The fourth-order valence-electron chi connectivity index (χ4n) is 8.42. The van der Waals surface area contributed by atoms with E-state index in [-0.39, 0.29) is 12.0 Å². The highest BCUT2D eigenvalue weighted by Gasteiger charge is 2.54. The minimum atomic E-state index is -1.08. The van der Waals surface area contributed by atoms with Crippen LogP contribution in [-0.2, 0) is 23.1 Å². The highest BCUT2D eigenvalue weighted by Crippen LogP contribution is 2.56. The fourth-order valence-corrected chi connectivity index (χ4v) is 8.61. The number of hydrogen-bond donors (Lipinski definition) is 2. The van der Waals surface area contributed by atoms with Crippen LogP contribution in [0.5, 0.6) is 11.5 Å². The lowest BCUT2D eigenvalue weighted by molar-refractivity contribution is -0.144. The maximum atomic E-state index is 12.9. The van der Waals surface area contributed by atoms with Crippen LogP contribution in [0.25, 0.3) is 10.4 Å². The number of nitrogens with zero attached hydrogens (tertiary/aromatic N) is 4. The Kier molecular flexibility index (Phi) is 9.85. The Balaban J connectivity index is 1.23. The Morgan fingerprint density at radius 2 is 2.02 bits per heavy atom. The average molecular weight is 658 g/mol. The molecule has 0 saturated heterocycles. The molecule has 0 unspecified atom stereocenters. The first-order valence-electron chi connectivity index (χ1n) is 16.9. The monoisotopic (exact) mass is 657 g/mol. The van der Waals surface area contributed by atoms with E-state index in [0.29, 0.717) is 54.5 Å². The number of carboxylic acid groups (broad SMARTS) is 1. The van der Waals surface area contributed by atoms with Gasteiger partial charge in [-0.05, 0) is 134 Å². The van der Waals surface area contributed by atoms with Crippen molar-refractivity contribution >= 4 is 23.3 Å². The smallest absolute Gasteiger partial charge is 0.329 e. The summed E-state index contributed by atoms with van der Waals surface area (Å²) in [5.74, 6) is 1.95. The third-order valence-corrected chi connectivity index (χ3v) is 11.0. The molecule has 0 aliphatic heterocycles. The summed E-state index contributed by atoms with van der Waals surface area (Å²) in [6, 6.07) is 15.6. The van der Waals surface area contributed by atoms with Gasteiger partial charge in [0.2, 0.25) is 0 Å². The molecule has 3 aliphatic carbocycles. The Morgan fingerprint density at radius 1 is 1.19 bits per heavy atom. The van der Waals surface area contributed by atoms with Gasteiger partial charge >= 0.3 is 5.97 Å². The molecule has 2 aromatic carbocycles. The van der Waals surface area contributed by atoms with Crippen molar-refractivity contribution in [2.45, 2.75) is 88.5 Å². The van der Waals surface area contributed by atoms with Crippen molar-refractivity contribution in [3.05, 3.63) is 92.6 Å².